The van der Waals surface area contributed by atoms with Crippen molar-refractivity contribution in [3.63, 3.8) is 0 Å². The van der Waals surface area contributed by atoms with E-state index in [1.54, 1.807) is 0 Å². The van der Waals surface area contributed by atoms with Crippen molar-refractivity contribution in [3.8, 4) is 0 Å². The van der Waals surface area contributed by atoms with Crippen LogP contribution in [-0.4, -0.2) is 19.7 Å². The van der Waals surface area contributed by atoms with Crippen molar-refractivity contribution in [2.75, 3.05) is 0 Å². The van der Waals surface area contributed by atoms with Crippen LogP contribution in [0.25, 0.3) is 10.9 Å². The maximum Gasteiger partial charge on any atom is 0.225 e. The number of rotatable bonds is 3. The summed E-state index contributed by atoms with van der Waals surface area (Å²) in [5, 5.41) is 9.67. The fourth-order valence-electron chi connectivity index (χ4n) is 2.33. The lowest BCUT2D eigenvalue weighted by molar-refractivity contribution is 0.671. The normalized spacial score (nSPS) is 11.4. The number of benzene rings is 1. The minimum absolute atomic E-state index is 0.276. The summed E-state index contributed by atoms with van der Waals surface area (Å²) in [7, 11) is 0. The van der Waals surface area contributed by atoms with Crippen LogP contribution < -0.4 is 0 Å². The number of nitrogens with zero attached hydrogens (tertiary/aromatic N) is 4. The first-order chi connectivity index (χ1) is 9.66. The highest BCUT2D eigenvalue weighted by atomic mass is 35.5. The second-order valence-corrected chi connectivity index (χ2v) is 5.40. The van der Waals surface area contributed by atoms with E-state index in [0.717, 1.165) is 22.3 Å². The molecule has 3 rings (SSSR count). The molecule has 2 aromatic heterocycles. The van der Waals surface area contributed by atoms with Crippen molar-refractivity contribution in [3.05, 3.63) is 53.2 Å². The minimum atomic E-state index is 0.276. The molecule has 0 N–H and O–H groups in total. The zero-order chi connectivity index (χ0) is 14.1. The van der Waals surface area contributed by atoms with E-state index >= 15 is 0 Å². The lowest BCUT2D eigenvalue weighted by Gasteiger charge is -2.11. The molecule has 102 valence electrons. The van der Waals surface area contributed by atoms with E-state index in [4.69, 9.17) is 11.6 Å². The SMILES string of the molecule is CC(C)c1nnc(Cl)n1Cc1cccc2cccnc12. The van der Waals surface area contributed by atoms with Gasteiger partial charge in [-0.3, -0.25) is 9.55 Å². The highest BCUT2D eigenvalue weighted by Crippen LogP contribution is 2.22. The summed E-state index contributed by atoms with van der Waals surface area (Å²) in [4.78, 5) is 4.47. The van der Waals surface area contributed by atoms with Crippen molar-refractivity contribution in [2.24, 2.45) is 0 Å². The van der Waals surface area contributed by atoms with Gasteiger partial charge in [0.25, 0.3) is 0 Å². The first kappa shape index (κ1) is 13.1. The molecule has 0 aliphatic rings. The first-order valence-corrected chi connectivity index (χ1v) is 6.96. The van der Waals surface area contributed by atoms with E-state index in [-0.39, 0.29) is 5.92 Å². The first-order valence-electron chi connectivity index (χ1n) is 6.58. The number of para-hydroxylation sites is 1. The number of hydrogen-bond acceptors (Lipinski definition) is 3. The molecule has 0 unspecified atom stereocenters. The second kappa shape index (κ2) is 5.21. The minimum Gasteiger partial charge on any atom is -0.297 e. The van der Waals surface area contributed by atoms with Crippen LogP contribution in [0.2, 0.25) is 5.28 Å². The van der Waals surface area contributed by atoms with Crippen LogP contribution in [-0.2, 0) is 6.54 Å². The molecule has 0 bridgehead atoms. The van der Waals surface area contributed by atoms with Crippen LogP contribution in [0.15, 0.2) is 36.5 Å². The molecule has 0 saturated heterocycles. The van der Waals surface area contributed by atoms with E-state index in [1.165, 1.54) is 0 Å². The summed E-state index contributed by atoms with van der Waals surface area (Å²) in [5.41, 5.74) is 2.11. The number of halogens is 1. The Labute approximate surface area is 122 Å². The molecule has 0 aliphatic carbocycles. The zero-order valence-corrected chi connectivity index (χ0v) is 12.2. The quantitative estimate of drug-likeness (QED) is 0.738. The smallest absolute Gasteiger partial charge is 0.225 e. The van der Waals surface area contributed by atoms with Gasteiger partial charge in [-0.15, -0.1) is 10.2 Å². The van der Waals surface area contributed by atoms with Crippen LogP contribution in [0, 0.1) is 0 Å². The third kappa shape index (κ3) is 2.27. The van der Waals surface area contributed by atoms with Gasteiger partial charge in [-0.2, -0.15) is 0 Å². The molecule has 0 atom stereocenters. The van der Waals surface area contributed by atoms with Gasteiger partial charge in [0, 0.05) is 17.5 Å². The molecule has 3 aromatic rings. The van der Waals surface area contributed by atoms with E-state index in [2.05, 4.69) is 47.2 Å². The molecule has 0 saturated carbocycles. The Morgan fingerprint density at radius 1 is 1.15 bits per heavy atom. The Kier molecular flexibility index (Phi) is 3.40. The molecule has 0 fully saturated rings. The summed E-state index contributed by atoms with van der Waals surface area (Å²) >= 11 is 6.16. The molecule has 5 heteroatoms. The standard InChI is InChI=1S/C15H15ClN4/c1-10(2)14-18-19-15(16)20(14)9-12-6-3-5-11-7-4-8-17-13(11)12/h3-8,10H,9H2,1-2H3. The van der Waals surface area contributed by atoms with E-state index in [0.29, 0.717) is 11.8 Å². The summed E-state index contributed by atoms with van der Waals surface area (Å²) in [5.74, 6) is 1.17. The van der Waals surface area contributed by atoms with Crippen molar-refractivity contribution >= 4 is 22.5 Å². The Morgan fingerprint density at radius 3 is 2.75 bits per heavy atom. The highest BCUT2D eigenvalue weighted by Gasteiger charge is 2.14. The second-order valence-electron chi connectivity index (χ2n) is 5.06. The molecule has 4 nitrogen and oxygen atoms in total. The van der Waals surface area contributed by atoms with Crippen molar-refractivity contribution < 1.29 is 0 Å². The molecule has 0 radical (unpaired) electrons. The Balaban J connectivity index is 2.08. The maximum atomic E-state index is 6.16. The predicted octanol–water partition coefficient (Wildman–Crippen LogP) is 3.65. The van der Waals surface area contributed by atoms with Crippen molar-refractivity contribution in [2.45, 2.75) is 26.3 Å². The third-order valence-corrected chi connectivity index (χ3v) is 3.58. The van der Waals surface area contributed by atoms with E-state index in [9.17, 15) is 0 Å². The Morgan fingerprint density at radius 2 is 1.95 bits per heavy atom. The van der Waals surface area contributed by atoms with Crippen LogP contribution in [0.3, 0.4) is 0 Å². The number of hydrogen-bond donors (Lipinski definition) is 0. The summed E-state index contributed by atoms with van der Waals surface area (Å²) < 4.78 is 1.94. The molecule has 0 aliphatic heterocycles. The van der Waals surface area contributed by atoms with Gasteiger partial charge in [0.15, 0.2) is 0 Å². The molecule has 1 aromatic carbocycles. The van der Waals surface area contributed by atoms with Gasteiger partial charge in [-0.05, 0) is 23.2 Å². The molecule has 2 heterocycles. The Bertz CT molecular complexity index is 743. The van der Waals surface area contributed by atoms with Gasteiger partial charge in [0.1, 0.15) is 5.82 Å². The number of fused-ring (bicyclic) bond motifs is 1. The molecule has 0 amide bonds. The highest BCUT2D eigenvalue weighted by molar-refractivity contribution is 6.28. The Hall–Kier alpha value is -1.94. The van der Waals surface area contributed by atoms with Gasteiger partial charge < -0.3 is 0 Å². The van der Waals surface area contributed by atoms with Crippen molar-refractivity contribution in [1.82, 2.24) is 19.7 Å². The van der Waals surface area contributed by atoms with Gasteiger partial charge in [0.2, 0.25) is 5.28 Å². The zero-order valence-electron chi connectivity index (χ0n) is 11.4. The fraction of sp³-hybridized carbons (Fsp3) is 0.267. The number of aromatic nitrogens is 4. The van der Waals surface area contributed by atoms with Crippen LogP contribution in [0.4, 0.5) is 0 Å². The number of pyridine rings is 1. The summed E-state index contributed by atoms with van der Waals surface area (Å²) in [6.45, 7) is 4.80. The van der Waals surface area contributed by atoms with E-state index < -0.39 is 0 Å². The average Bonchev–Trinajstić information content (AvgIpc) is 2.81. The summed E-state index contributed by atoms with van der Waals surface area (Å²) in [6, 6.07) is 10.2. The van der Waals surface area contributed by atoms with Gasteiger partial charge in [-0.25, -0.2) is 0 Å². The van der Waals surface area contributed by atoms with Crippen LogP contribution in [0.5, 0.6) is 0 Å². The lowest BCUT2D eigenvalue weighted by Crippen LogP contribution is -2.07. The summed E-state index contributed by atoms with van der Waals surface area (Å²) in [6.07, 6.45) is 1.81. The van der Waals surface area contributed by atoms with Gasteiger partial charge >= 0.3 is 0 Å². The largest absolute Gasteiger partial charge is 0.297 e. The molecular formula is C15H15ClN4. The predicted molar refractivity (Wildman–Crippen MR) is 80.0 cm³/mol. The molecule has 0 spiro atoms. The molecular weight excluding hydrogens is 272 g/mol. The van der Waals surface area contributed by atoms with Crippen LogP contribution in [0.1, 0.15) is 31.2 Å². The monoisotopic (exact) mass is 286 g/mol. The van der Waals surface area contributed by atoms with Crippen molar-refractivity contribution in [1.29, 1.82) is 0 Å². The fourth-order valence-corrected chi connectivity index (χ4v) is 2.52. The molecule has 20 heavy (non-hydrogen) atoms. The van der Waals surface area contributed by atoms with Gasteiger partial charge in [-0.1, -0.05) is 38.1 Å². The van der Waals surface area contributed by atoms with E-state index in [1.807, 2.05) is 22.9 Å². The average molecular weight is 287 g/mol. The van der Waals surface area contributed by atoms with Crippen LogP contribution >= 0.6 is 11.6 Å². The maximum absolute atomic E-state index is 6.16. The third-order valence-electron chi connectivity index (χ3n) is 3.30. The van der Waals surface area contributed by atoms with Gasteiger partial charge in [0.05, 0.1) is 12.1 Å². The lowest BCUT2D eigenvalue weighted by atomic mass is 10.1. The topological polar surface area (TPSA) is 43.6 Å².